The molecule has 3 atom stereocenters. The number of benzene rings is 3. The van der Waals surface area contributed by atoms with Crippen LogP contribution in [0.5, 0.6) is 0 Å². The minimum Gasteiger partial charge on any atom is -0.390 e. The summed E-state index contributed by atoms with van der Waals surface area (Å²) in [5.74, 6) is 0.207. The predicted molar refractivity (Wildman–Crippen MR) is 196 cm³/mol. The second kappa shape index (κ2) is 17.8. The Hall–Kier alpha value is -3.77. The summed E-state index contributed by atoms with van der Waals surface area (Å²) in [5.41, 5.74) is 2.28. The van der Waals surface area contributed by atoms with E-state index in [1.54, 1.807) is 0 Å². The van der Waals surface area contributed by atoms with Crippen LogP contribution in [0, 0.1) is 11.8 Å². The topological polar surface area (TPSA) is 131 Å². The molecular formula is C38H53N5O5S. The van der Waals surface area contributed by atoms with Gasteiger partial charge >= 0.3 is 0 Å². The van der Waals surface area contributed by atoms with Gasteiger partial charge in [0, 0.05) is 31.3 Å². The minimum atomic E-state index is -3.69. The molecule has 10 nitrogen and oxygen atoms in total. The third-order valence-corrected chi connectivity index (χ3v) is 10.4. The summed E-state index contributed by atoms with van der Waals surface area (Å²) in [6.45, 7) is 10.7. The lowest BCUT2D eigenvalue weighted by Gasteiger charge is -2.33. The molecule has 266 valence electrons. The van der Waals surface area contributed by atoms with Crippen LogP contribution in [0.4, 0.5) is 5.69 Å². The van der Waals surface area contributed by atoms with Crippen molar-refractivity contribution >= 4 is 27.5 Å². The van der Waals surface area contributed by atoms with Gasteiger partial charge in [-0.15, -0.1) is 0 Å². The summed E-state index contributed by atoms with van der Waals surface area (Å²) >= 11 is 0. The summed E-state index contributed by atoms with van der Waals surface area (Å²) < 4.78 is 26.0. The molecule has 2 amide bonds. The lowest BCUT2D eigenvalue weighted by atomic mass is 9.95. The largest absolute Gasteiger partial charge is 0.390 e. The van der Waals surface area contributed by atoms with E-state index in [-0.39, 0.29) is 22.9 Å². The fraction of sp³-hybridized carbons (Fsp3) is 0.474. The zero-order valence-corrected chi connectivity index (χ0v) is 30.2. The number of anilines is 1. The van der Waals surface area contributed by atoms with Crippen LogP contribution in [0.2, 0.25) is 0 Å². The van der Waals surface area contributed by atoms with Crippen LogP contribution >= 0.6 is 0 Å². The maximum atomic E-state index is 13.9. The molecule has 11 heteroatoms. The molecule has 4 N–H and O–H groups in total. The number of hydrogen-bond acceptors (Lipinski definition) is 7. The molecule has 49 heavy (non-hydrogen) atoms. The van der Waals surface area contributed by atoms with Crippen molar-refractivity contribution in [2.75, 3.05) is 50.3 Å². The van der Waals surface area contributed by atoms with Gasteiger partial charge in [0.1, 0.15) is 0 Å². The fourth-order valence-corrected chi connectivity index (χ4v) is 6.71. The first-order chi connectivity index (χ1) is 23.3. The Morgan fingerprint density at radius 1 is 0.898 bits per heavy atom. The molecule has 0 saturated carbocycles. The normalized spacial score (nSPS) is 16.1. The fourth-order valence-electron chi connectivity index (χ4n) is 6.22. The summed E-state index contributed by atoms with van der Waals surface area (Å²) in [5, 5.41) is 20.8. The second-order valence-corrected chi connectivity index (χ2v) is 15.8. The SMILES string of the molecule is CC(C)CN1CCC(CNC[C@@H](O)[C@H](Cc2ccccc2)NC(=O)c2cc(C(=O)N[C@H](C)c3ccccc3)cc(N(C)S(C)(=O)=O)c2)CC1. The van der Waals surface area contributed by atoms with Gasteiger partial charge in [0.15, 0.2) is 0 Å². The zero-order valence-electron chi connectivity index (χ0n) is 29.4. The van der Waals surface area contributed by atoms with E-state index in [0.29, 0.717) is 24.8 Å². The van der Waals surface area contributed by atoms with Gasteiger partial charge in [-0.25, -0.2) is 8.42 Å². The van der Waals surface area contributed by atoms with Crippen molar-refractivity contribution in [3.05, 3.63) is 101 Å². The third-order valence-electron chi connectivity index (χ3n) is 9.15. The maximum Gasteiger partial charge on any atom is 0.251 e. The quantitative estimate of drug-likeness (QED) is 0.177. The standard InChI is InChI=1S/C38H53N5O5S/c1-27(2)26-43-18-16-30(17-19-43)24-39-25-36(44)35(20-29-12-8-6-9-13-29)41-38(46)33-21-32(22-34(23-33)42(4)49(5,47)48)37(45)40-28(3)31-14-10-7-11-15-31/h6-15,21-23,27-28,30,35-36,39,44H,16-20,24-26H2,1-5H3,(H,40,45)(H,41,46)/t28-,35+,36-/m1/s1. The van der Waals surface area contributed by atoms with E-state index in [0.717, 1.165) is 60.7 Å². The van der Waals surface area contributed by atoms with E-state index in [1.807, 2.05) is 67.6 Å². The van der Waals surface area contributed by atoms with Crippen LogP contribution in [0.1, 0.15) is 71.5 Å². The summed E-state index contributed by atoms with van der Waals surface area (Å²) in [4.78, 5) is 29.8. The molecule has 1 heterocycles. The highest BCUT2D eigenvalue weighted by atomic mass is 32.2. The van der Waals surface area contributed by atoms with Crippen molar-refractivity contribution in [1.29, 1.82) is 0 Å². The van der Waals surface area contributed by atoms with Crippen molar-refractivity contribution in [3.8, 4) is 0 Å². The number of hydrogen-bond donors (Lipinski definition) is 4. The van der Waals surface area contributed by atoms with Crippen molar-refractivity contribution in [3.63, 3.8) is 0 Å². The van der Waals surface area contributed by atoms with Gasteiger partial charge in [-0.3, -0.25) is 13.9 Å². The number of likely N-dealkylation sites (tertiary alicyclic amines) is 1. The highest BCUT2D eigenvalue weighted by molar-refractivity contribution is 7.92. The third kappa shape index (κ3) is 11.7. The second-order valence-electron chi connectivity index (χ2n) is 13.7. The molecule has 3 aromatic carbocycles. The van der Waals surface area contributed by atoms with Crippen molar-refractivity contribution in [2.24, 2.45) is 11.8 Å². The van der Waals surface area contributed by atoms with Gasteiger partial charge in [-0.1, -0.05) is 74.5 Å². The molecule has 0 spiro atoms. The number of carbonyl (C=O) groups is 2. The highest BCUT2D eigenvalue weighted by Crippen LogP contribution is 2.23. The lowest BCUT2D eigenvalue weighted by molar-refractivity contribution is 0.0824. The minimum absolute atomic E-state index is 0.108. The molecule has 1 saturated heterocycles. The number of sulfonamides is 1. The number of aliphatic hydroxyl groups is 1. The number of nitrogens with one attached hydrogen (secondary N) is 3. The van der Waals surface area contributed by atoms with Gasteiger partial charge in [0.05, 0.1) is 30.1 Å². The van der Waals surface area contributed by atoms with Gasteiger partial charge in [0.2, 0.25) is 10.0 Å². The Bertz CT molecular complexity index is 1610. The first-order valence-electron chi connectivity index (χ1n) is 17.2. The number of nitrogens with zero attached hydrogens (tertiary/aromatic N) is 2. The lowest BCUT2D eigenvalue weighted by Crippen LogP contribution is -2.49. The van der Waals surface area contributed by atoms with E-state index in [2.05, 4.69) is 34.7 Å². The molecule has 0 aromatic heterocycles. The molecule has 0 unspecified atom stereocenters. The van der Waals surface area contributed by atoms with Crippen LogP contribution in [0.25, 0.3) is 0 Å². The van der Waals surface area contributed by atoms with E-state index in [1.165, 1.54) is 25.2 Å². The molecule has 0 aliphatic carbocycles. The number of piperidine rings is 1. The van der Waals surface area contributed by atoms with Crippen LogP contribution < -0.4 is 20.3 Å². The van der Waals surface area contributed by atoms with Crippen LogP contribution in [0.15, 0.2) is 78.9 Å². The molecule has 3 aromatic rings. The van der Waals surface area contributed by atoms with Crippen molar-refractivity contribution < 1.29 is 23.1 Å². The summed E-state index contributed by atoms with van der Waals surface area (Å²) in [6, 6.07) is 22.5. The Morgan fingerprint density at radius 3 is 2.04 bits per heavy atom. The first kappa shape index (κ1) is 38.0. The Labute approximate surface area is 292 Å². The van der Waals surface area contributed by atoms with Crippen LogP contribution in [-0.4, -0.2) is 88.4 Å². The Morgan fingerprint density at radius 2 is 1.47 bits per heavy atom. The van der Waals surface area contributed by atoms with E-state index >= 15 is 0 Å². The molecular weight excluding hydrogens is 639 g/mol. The van der Waals surface area contributed by atoms with Crippen LogP contribution in [-0.2, 0) is 16.4 Å². The Kier molecular flexibility index (Phi) is 13.8. The van der Waals surface area contributed by atoms with Gasteiger partial charge in [-0.05, 0) is 87.0 Å². The van der Waals surface area contributed by atoms with E-state index in [4.69, 9.17) is 0 Å². The van der Waals surface area contributed by atoms with Crippen LogP contribution in [0.3, 0.4) is 0 Å². The molecule has 1 aliphatic heterocycles. The molecule has 1 aliphatic rings. The Balaban J connectivity index is 1.50. The predicted octanol–water partition coefficient (Wildman–Crippen LogP) is 4.23. The molecule has 1 fully saturated rings. The molecule has 4 rings (SSSR count). The summed E-state index contributed by atoms with van der Waals surface area (Å²) in [6.07, 6.45) is 2.76. The smallest absolute Gasteiger partial charge is 0.251 e. The zero-order chi connectivity index (χ0) is 35.6. The first-order valence-corrected chi connectivity index (χ1v) is 19.1. The highest BCUT2D eigenvalue weighted by Gasteiger charge is 2.26. The van der Waals surface area contributed by atoms with Crippen molar-refractivity contribution in [2.45, 2.75) is 58.2 Å². The monoisotopic (exact) mass is 691 g/mol. The van der Waals surface area contributed by atoms with Gasteiger partial charge in [0.25, 0.3) is 11.8 Å². The maximum absolute atomic E-state index is 13.9. The van der Waals surface area contributed by atoms with Crippen molar-refractivity contribution in [1.82, 2.24) is 20.9 Å². The average molecular weight is 692 g/mol. The number of carbonyl (C=O) groups excluding carboxylic acids is 2. The number of aliphatic hydroxyl groups excluding tert-OH is 1. The number of rotatable bonds is 16. The van der Waals surface area contributed by atoms with E-state index in [9.17, 15) is 23.1 Å². The molecule has 0 radical (unpaired) electrons. The average Bonchev–Trinajstić information content (AvgIpc) is 3.08. The van der Waals surface area contributed by atoms with E-state index < -0.39 is 34.0 Å². The van der Waals surface area contributed by atoms with Gasteiger partial charge < -0.3 is 26.0 Å². The molecule has 0 bridgehead atoms. The summed E-state index contributed by atoms with van der Waals surface area (Å²) in [7, 11) is -2.32. The van der Waals surface area contributed by atoms with Gasteiger partial charge in [-0.2, -0.15) is 0 Å². The number of amides is 2.